The number of carbonyl (C=O) groups is 1. The van der Waals surface area contributed by atoms with Gasteiger partial charge in [0.2, 0.25) is 5.91 Å². The summed E-state index contributed by atoms with van der Waals surface area (Å²) in [6.45, 7) is 1.14. The van der Waals surface area contributed by atoms with Gasteiger partial charge >= 0.3 is 0 Å². The van der Waals surface area contributed by atoms with E-state index in [0.717, 1.165) is 29.0 Å². The molecule has 1 aromatic heterocycles. The molecular formula is C23H21N3O. The van der Waals surface area contributed by atoms with Crippen LogP contribution in [-0.4, -0.2) is 15.5 Å². The molecule has 3 aromatic carbocycles. The maximum Gasteiger partial charge on any atom is 0.224 e. The molecule has 0 aliphatic carbocycles. The summed E-state index contributed by atoms with van der Waals surface area (Å²) in [4.78, 5) is 17.1. The molecule has 4 nitrogen and oxygen atoms in total. The number of nitrogens with zero attached hydrogens (tertiary/aromatic N) is 2. The van der Waals surface area contributed by atoms with Crippen molar-refractivity contribution in [1.29, 1.82) is 0 Å². The first-order chi connectivity index (χ1) is 13.3. The van der Waals surface area contributed by atoms with Crippen molar-refractivity contribution in [3.8, 4) is 0 Å². The summed E-state index contributed by atoms with van der Waals surface area (Å²) in [7, 11) is 0. The van der Waals surface area contributed by atoms with Crippen LogP contribution >= 0.6 is 0 Å². The lowest BCUT2D eigenvalue weighted by molar-refractivity contribution is -0.120. The van der Waals surface area contributed by atoms with Crippen molar-refractivity contribution >= 4 is 16.9 Å². The zero-order chi connectivity index (χ0) is 18.5. The monoisotopic (exact) mass is 355 g/mol. The molecule has 0 saturated carbocycles. The van der Waals surface area contributed by atoms with Crippen molar-refractivity contribution in [2.75, 3.05) is 0 Å². The van der Waals surface area contributed by atoms with E-state index in [4.69, 9.17) is 4.98 Å². The van der Waals surface area contributed by atoms with Crippen molar-refractivity contribution in [1.82, 2.24) is 14.9 Å². The number of benzene rings is 3. The summed E-state index contributed by atoms with van der Waals surface area (Å²) in [6, 6.07) is 28.1. The average molecular weight is 355 g/mol. The Kier molecular flexibility index (Phi) is 4.97. The molecule has 27 heavy (non-hydrogen) atoms. The number of hydrogen-bond acceptors (Lipinski definition) is 2. The molecular weight excluding hydrogens is 334 g/mol. The summed E-state index contributed by atoms with van der Waals surface area (Å²) < 4.78 is 2.17. The highest BCUT2D eigenvalue weighted by Crippen LogP contribution is 2.18. The van der Waals surface area contributed by atoms with E-state index in [-0.39, 0.29) is 5.91 Å². The third-order valence-corrected chi connectivity index (χ3v) is 4.57. The lowest BCUT2D eigenvalue weighted by Crippen LogP contribution is -2.26. The molecule has 1 N–H and O–H groups in total. The van der Waals surface area contributed by atoms with Crippen molar-refractivity contribution in [2.45, 2.75) is 19.5 Å². The molecule has 0 spiro atoms. The maximum absolute atomic E-state index is 12.3. The minimum absolute atomic E-state index is 0.000447. The highest BCUT2D eigenvalue weighted by molar-refractivity contribution is 5.79. The first-order valence-electron chi connectivity index (χ1n) is 9.08. The van der Waals surface area contributed by atoms with Crippen molar-refractivity contribution in [2.24, 2.45) is 0 Å². The van der Waals surface area contributed by atoms with E-state index in [0.29, 0.717) is 13.0 Å². The van der Waals surface area contributed by atoms with Crippen LogP contribution in [0, 0.1) is 0 Å². The Bertz CT molecular complexity index is 1040. The number of hydrogen-bond donors (Lipinski definition) is 1. The van der Waals surface area contributed by atoms with Gasteiger partial charge in [-0.15, -0.1) is 0 Å². The second kappa shape index (κ2) is 7.87. The summed E-state index contributed by atoms with van der Waals surface area (Å²) >= 11 is 0. The first-order valence-corrected chi connectivity index (χ1v) is 9.08. The van der Waals surface area contributed by atoms with Gasteiger partial charge in [0.1, 0.15) is 5.82 Å². The van der Waals surface area contributed by atoms with E-state index in [2.05, 4.69) is 28.1 Å². The second-order valence-electron chi connectivity index (χ2n) is 6.53. The molecule has 0 aliphatic rings. The standard InChI is InChI=1S/C23H21N3O/c27-23(15-18-9-3-1-4-10-18)24-16-22-25-20-13-7-8-14-21(20)26(22)17-19-11-5-2-6-12-19/h1-14H,15-17H2,(H,24,27). The van der Waals surface area contributed by atoms with E-state index in [1.54, 1.807) is 0 Å². The molecule has 4 rings (SSSR count). The molecule has 0 fully saturated rings. The van der Waals surface area contributed by atoms with Gasteiger partial charge in [0.15, 0.2) is 0 Å². The molecule has 134 valence electrons. The molecule has 0 unspecified atom stereocenters. The van der Waals surface area contributed by atoms with E-state index in [1.165, 1.54) is 5.56 Å². The van der Waals surface area contributed by atoms with Gasteiger partial charge in [-0.2, -0.15) is 0 Å². The van der Waals surface area contributed by atoms with Gasteiger partial charge in [-0.05, 0) is 23.3 Å². The second-order valence-corrected chi connectivity index (χ2v) is 6.53. The average Bonchev–Trinajstić information content (AvgIpc) is 3.06. The predicted octanol–water partition coefficient (Wildman–Crippen LogP) is 3.94. The van der Waals surface area contributed by atoms with Crippen LogP contribution in [-0.2, 0) is 24.3 Å². The third kappa shape index (κ3) is 4.06. The Morgan fingerprint density at radius 2 is 1.44 bits per heavy atom. The minimum atomic E-state index is -0.000447. The Hall–Kier alpha value is -3.40. The lowest BCUT2D eigenvalue weighted by Gasteiger charge is -2.10. The van der Waals surface area contributed by atoms with Crippen LogP contribution < -0.4 is 5.32 Å². The third-order valence-electron chi connectivity index (χ3n) is 4.57. The number of para-hydroxylation sites is 2. The smallest absolute Gasteiger partial charge is 0.224 e. The number of amides is 1. The fraction of sp³-hybridized carbons (Fsp3) is 0.130. The molecule has 0 bridgehead atoms. The predicted molar refractivity (Wildman–Crippen MR) is 107 cm³/mol. The van der Waals surface area contributed by atoms with E-state index in [1.807, 2.05) is 66.7 Å². The fourth-order valence-corrected chi connectivity index (χ4v) is 3.22. The zero-order valence-corrected chi connectivity index (χ0v) is 15.0. The summed E-state index contributed by atoms with van der Waals surface area (Å²) in [5, 5.41) is 3.01. The Morgan fingerprint density at radius 3 is 2.19 bits per heavy atom. The SMILES string of the molecule is O=C(Cc1ccccc1)NCc1nc2ccccc2n1Cc1ccccc1. The van der Waals surface area contributed by atoms with Crippen molar-refractivity contribution < 1.29 is 4.79 Å². The van der Waals surface area contributed by atoms with E-state index < -0.39 is 0 Å². The largest absolute Gasteiger partial charge is 0.349 e. The van der Waals surface area contributed by atoms with Gasteiger partial charge in [0.25, 0.3) is 0 Å². The molecule has 4 aromatic rings. The van der Waals surface area contributed by atoms with Crippen LogP contribution in [0.15, 0.2) is 84.9 Å². The summed E-state index contributed by atoms with van der Waals surface area (Å²) in [5.74, 6) is 0.862. The number of rotatable bonds is 6. The number of nitrogens with one attached hydrogen (secondary N) is 1. The molecule has 4 heteroatoms. The van der Waals surface area contributed by atoms with E-state index in [9.17, 15) is 4.79 Å². The molecule has 0 atom stereocenters. The van der Waals surface area contributed by atoms with Gasteiger partial charge in [-0.1, -0.05) is 72.8 Å². The van der Waals surface area contributed by atoms with E-state index >= 15 is 0 Å². The maximum atomic E-state index is 12.3. The molecule has 0 aliphatic heterocycles. The highest BCUT2D eigenvalue weighted by Gasteiger charge is 2.12. The van der Waals surface area contributed by atoms with Gasteiger partial charge in [-0.3, -0.25) is 4.79 Å². The molecule has 1 amide bonds. The Balaban J connectivity index is 1.54. The Morgan fingerprint density at radius 1 is 0.815 bits per heavy atom. The fourth-order valence-electron chi connectivity index (χ4n) is 3.22. The number of aromatic nitrogens is 2. The van der Waals surface area contributed by atoms with Crippen LogP contribution in [0.5, 0.6) is 0 Å². The minimum Gasteiger partial charge on any atom is -0.349 e. The zero-order valence-electron chi connectivity index (χ0n) is 15.0. The molecule has 1 heterocycles. The molecule has 0 radical (unpaired) electrons. The molecule has 0 saturated heterocycles. The van der Waals surface area contributed by atoms with Crippen molar-refractivity contribution in [3.05, 3.63) is 102 Å². The van der Waals surface area contributed by atoms with Crippen LogP contribution in [0.1, 0.15) is 17.0 Å². The van der Waals surface area contributed by atoms with Crippen molar-refractivity contribution in [3.63, 3.8) is 0 Å². The first kappa shape index (κ1) is 17.0. The van der Waals surface area contributed by atoms with Crippen LogP contribution in [0.2, 0.25) is 0 Å². The van der Waals surface area contributed by atoms with Gasteiger partial charge in [0, 0.05) is 6.54 Å². The quantitative estimate of drug-likeness (QED) is 0.569. The van der Waals surface area contributed by atoms with Gasteiger partial charge < -0.3 is 9.88 Å². The number of carbonyl (C=O) groups excluding carboxylic acids is 1. The van der Waals surface area contributed by atoms with Gasteiger partial charge in [-0.25, -0.2) is 4.98 Å². The number of fused-ring (bicyclic) bond motifs is 1. The number of imidazole rings is 1. The van der Waals surface area contributed by atoms with Crippen LogP contribution in [0.25, 0.3) is 11.0 Å². The normalized spacial score (nSPS) is 10.8. The van der Waals surface area contributed by atoms with Crippen LogP contribution in [0.4, 0.5) is 0 Å². The highest BCUT2D eigenvalue weighted by atomic mass is 16.1. The van der Waals surface area contributed by atoms with Gasteiger partial charge in [0.05, 0.1) is 24.0 Å². The Labute approximate surface area is 158 Å². The summed E-state index contributed by atoms with van der Waals surface area (Å²) in [6.07, 6.45) is 0.375. The van der Waals surface area contributed by atoms with Crippen LogP contribution in [0.3, 0.4) is 0 Å². The topological polar surface area (TPSA) is 46.9 Å². The lowest BCUT2D eigenvalue weighted by atomic mass is 10.1. The summed E-state index contributed by atoms with van der Waals surface area (Å²) in [5.41, 5.74) is 4.24.